The highest BCUT2D eigenvalue weighted by Crippen LogP contribution is 2.52. The first-order valence-corrected chi connectivity index (χ1v) is 9.60. The number of nitrogens with one attached hydrogen (secondary N) is 1. The largest absolute Gasteiger partial charge is 0.417 e. The fourth-order valence-corrected chi connectivity index (χ4v) is 4.86. The molecule has 7 heteroatoms. The minimum Gasteiger partial charge on any atom is -0.410 e. The normalized spacial score (nSPS) is 23.9. The molecule has 1 N–H and O–H groups in total. The molecule has 2 aliphatic heterocycles. The second-order valence-corrected chi connectivity index (χ2v) is 8.30. The van der Waals surface area contributed by atoms with Gasteiger partial charge in [0.2, 0.25) is 0 Å². The van der Waals surface area contributed by atoms with E-state index in [4.69, 9.17) is 4.74 Å². The molecule has 0 aliphatic carbocycles. The number of rotatable bonds is 2. The number of carbonyl (C=O) groups is 1. The van der Waals surface area contributed by atoms with E-state index in [1.807, 2.05) is 12.1 Å². The van der Waals surface area contributed by atoms with E-state index in [1.54, 1.807) is 0 Å². The van der Waals surface area contributed by atoms with E-state index < -0.39 is 6.09 Å². The fraction of sp³-hybridized carbons (Fsp3) is 0.350. The number of anilines is 2. The maximum absolute atomic E-state index is 13.0. The first-order valence-electron chi connectivity index (χ1n) is 8.81. The Hall–Kier alpha value is -2.12. The molecule has 0 radical (unpaired) electrons. The summed E-state index contributed by atoms with van der Waals surface area (Å²) in [5, 5.41) is 2.79. The van der Waals surface area contributed by atoms with Gasteiger partial charge in [-0.15, -0.1) is 0 Å². The van der Waals surface area contributed by atoms with Crippen LogP contribution in [0, 0.1) is 5.82 Å². The van der Waals surface area contributed by atoms with Gasteiger partial charge in [-0.3, -0.25) is 10.2 Å². The third kappa shape index (κ3) is 2.99. The Balaban J connectivity index is 1.59. The molecule has 142 valence electrons. The summed E-state index contributed by atoms with van der Waals surface area (Å²) in [4.78, 5) is 16.9. The van der Waals surface area contributed by atoms with Gasteiger partial charge in [0.15, 0.2) is 0 Å². The van der Waals surface area contributed by atoms with Crippen LogP contribution in [0.5, 0.6) is 5.75 Å². The monoisotopic (exact) mass is 433 g/mol. The minimum atomic E-state index is -0.612. The van der Waals surface area contributed by atoms with Crippen molar-refractivity contribution in [3.8, 4) is 5.75 Å². The van der Waals surface area contributed by atoms with Crippen molar-refractivity contribution in [3.63, 3.8) is 0 Å². The van der Waals surface area contributed by atoms with Gasteiger partial charge < -0.3 is 9.64 Å². The van der Waals surface area contributed by atoms with Crippen LogP contribution in [-0.4, -0.2) is 37.8 Å². The molecule has 1 amide bonds. The molecule has 0 spiro atoms. The lowest BCUT2D eigenvalue weighted by Gasteiger charge is -2.32. The zero-order valence-corrected chi connectivity index (χ0v) is 17.0. The lowest BCUT2D eigenvalue weighted by Crippen LogP contribution is -2.45. The molecule has 2 aliphatic rings. The predicted molar refractivity (Wildman–Crippen MR) is 107 cm³/mol. The van der Waals surface area contributed by atoms with Gasteiger partial charge >= 0.3 is 6.09 Å². The molecule has 2 atom stereocenters. The molecular weight excluding hydrogens is 413 g/mol. The van der Waals surface area contributed by atoms with E-state index in [1.165, 1.54) is 35.5 Å². The number of carbonyl (C=O) groups excluding carboxylic acids is 1. The van der Waals surface area contributed by atoms with Gasteiger partial charge in [0.25, 0.3) is 0 Å². The Kier molecular flexibility index (Phi) is 4.39. The SMILES string of the molecule is CN1CCC2(C)c3cc(NC(=O)Oc4ccc(F)cc4)c(Br)cc3N(C)C12. The third-order valence-corrected chi connectivity index (χ3v) is 6.34. The van der Waals surface area contributed by atoms with Crippen molar-refractivity contribution in [1.29, 1.82) is 0 Å². The van der Waals surface area contributed by atoms with E-state index in [9.17, 15) is 9.18 Å². The topological polar surface area (TPSA) is 44.8 Å². The van der Waals surface area contributed by atoms with Crippen molar-refractivity contribution in [2.75, 3.05) is 30.9 Å². The highest BCUT2D eigenvalue weighted by atomic mass is 79.9. The van der Waals surface area contributed by atoms with E-state index in [-0.39, 0.29) is 17.0 Å². The molecule has 0 saturated carbocycles. The van der Waals surface area contributed by atoms with Crippen LogP contribution < -0.4 is 15.0 Å². The number of amides is 1. The molecule has 2 unspecified atom stereocenters. The Morgan fingerprint density at radius 1 is 1.30 bits per heavy atom. The number of halogens is 2. The van der Waals surface area contributed by atoms with Crippen molar-refractivity contribution in [2.45, 2.75) is 24.9 Å². The van der Waals surface area contributed by atoms with Crippen LogP contribution in [0.1, 0.15) is 18.9 Å². The van der Waals surface area contributed by atoms with Crippen LogP contribution in [0.25, 0.3) is 0 Å². The van der Waals surface area contributed by atoms with Crippen molar-refractivity contribution >= 4 is 33.4 Å². The van der Waals surface area contributed by atoms with Crippen molar-refractivity contribution in [2.24, 2.45) is 0 Å². The first kappa shape index (κ1) is 18.3. The number of benzene rings is 2. The molecule has 5 nitrogen and oxygen atoms in total. The van der Waals surface area contributed by atoms with Gasteiger partial charge in [-0.2, -0.15) is 0 Å². The van der Waals surface area contributed by atoms with Gasteiger partial charge in [0.1, 0.15) is 11.6 Å². The second kappa shape index (κ2) is 6.49. The average molecular weight is 434 g/mol. The fourth-order valence-electron chi connectivity index (χ4n) is 4.43. The maximum Gasteiger partial charge on any atom is 0.417 e. The summed E-state index contributed by atoms with van der Waals surface area (Å²) in [5.74, 6) is -0.0899. The number of likely N-dealkylation sites (N-methyl/N-ethyl adjacent to an activating group) is 2. The van der Waals surface area contributed by atoms with Gasteiger partial charge in [-0.05, 0) is 71.4 Å². The zero-order valence-electron chi connectivity index (χ0n) is 15.4. The maximum atomic E-state index is 13.0. The van der Waals surface area contributed by atoms with Crippen LogP contribution in [0.3, 0.4) is 0 Å². The number of hydrogen-bond acceptors (Lipinski definition) is 4. The molecule has 0 bridgehead atoms. The zero-order chi connectivity index (χ0) is 19.3. The highest BCUT2D eigenvalue weighted by molar-refractivity contribution is 9.10. The minimum absolute atomic E-state index is 0.0107. The summed E-state index contributed by atoms with van der Waals surface area (Å²) in [7, 11) is 4.26. The molecule has 27 heavy (non-hydrogen) atoms. The summed E-state index contributed by atoms with van der Waals surface area (Å²) in [6, 6.07) is 9.41. The number of ether oxygens (including phenoxy) is 1. The molecule has 2 aromatic rings. The smallest absolute Gasteiger partial charge is 0.410 e. The highest BCUT2D eigenvalue weighted by Gasteiger charge is 2.52. The summed E-state index contributed by atoms with van der Waals surface area (Å²) in [6.45, 7) is 3.31. The molecular formula is C20H21BrFN3O2. The Labute approximate surface area is 166 Å². The average Bonchev–Trinajstić information content (AvgIpc) is 3.03. The lowest BCUT2D eigenvalue weighted by molar-refractivity contribution is 0.215. The summed E-state index contributed by atoms with van der Waals surface area (Å²) < 4.78 is 19.0. The van der Waals surface area contributed by atoms with Crippen molar-refractivity contribution in [3.05, 3.63) is 52.3 Å². The van der Waals surface area contributed by atoms with Gasteiger partial charge in [-0.1, -0.05) is 6.92 Å². The van der Waals surface area contributed by atoms with E-state index in [0.717, 1.165) is 17.4 Å². The summed E-state index contributed by atoms with van der Waals surface area (Å²) in [5.41, 5.74) is 3.06. The number of fused-ring (bicyclic) bond motifs is 3. The number of likely N-dealkylation sites (tertiary alicyclic amines) is 1. The van der Waals surface area contributed by atoms with E-state index in [0.29, 0.717) is 11.9 Å². The molecule has 1 fully saturated rings. The summed E-state index contributed by atoms with van der Waals surface area (Å²) in [6.07, 6.45) is 0.756. The van der Waals surface area contributed by atoms with Gasteiger partial charge in [-0.25, -0.2) is 9.18 Å². The first-order chi connectivity index (χ1) is 12.8. The van der Waals surface area contributed by atoms with Crippen LogP contribution in [-0.2, 0) is 5.41 Å². The Bertz CT molecular complexity index is 905. The van der Waals surface area contributed by atoms with Crippen molar-refractivity contribution in [1.82, 2.24) is 4.90 Å². The summed E-state index contributed by atoms with van der Waals surface area (Å²) >= 11 is 3.55. The van der Waals surface area contributed by atoms with E-state index in [2.05, 4.69) is 52.1 Å². The van der Waals surface area contributed by atoms with Gasteiger partial charge in [0, 0.05) is 29.2 Å². The molecule has 2 heterocycles. The molecule has 4 rings (SSSR count). The van der Waals surface area contributed by atoms with Crippen LogP contribution in [0.15, 0.2) is 40.9 Å². The predicted octanol–water partition coefficient (Wildman–Crippen LogP) is 4.57. The quantitative estimate of drug-likeness (QED) is 0.753. The van der Waals surface area contributed by atoms with E-state index >= 15 is 0 Å². The number of nitrogens with zero attached hydrogens (tertiary/aromatic N) is 2. The lowest BCUT2D eigenvalue weighted by atomic mass is 9.81. The number of hydrogen-bond donors (Lipinski definition) is 1. The van der Waals surface area contributed by atoms with Crippen LogP contribution >= 0.6 is 15.9 Å². The Morgan fingerprint density at radius 3 is 2.70 bits per heavy atom. The Morgan fingerprint density at radius 2 is 2.00 bits per heavy atom. The van der Waals surface area contributed by atoms with Crippen LogP contribution in [0.4, 0.5) is 20.6 Å². The van der Waals surface area contributed by atoms with Crippen molar-refractivity contribution < 1.29 is 13.9 Å². The molecule has 1 saturated heterocycles. The standard InChI is InChI=1S/C20H21BrFN3O2/c1-20-8-9-24(2)18(20)25(3)17-11-15(21)16(10-14(17)20)23-19(26)27-13-6-4-12(22)5-7-13/h4-7,10-11,18H,8-9H2,1-3H3,(H,23,26). The molecule has 0 aromatic heterocycles. The van der Waals surface area contributed by atoms with Crippen LogP contribution in [0.2, 0.25) is 0 Å². The second-order valence-electron chi connectivity index (χ2n) is 7.45. The van der Waals surface area contributed by atoms with Gasteiger partial charge in [0.05, 0.1) is 11.9 Å². The molecule has 2 aromatic carbocycles. The third-order valence-electron chi connectivity index (χ3n) is 5.68.